The molecule has 0 bridgehead atoms. The Labute approximate surface area is 195 Å². The molecule has 0 aliphatic rings. The van der Waals surface area contributed by atoms with E-state index < -0.39 is 6.04 Å². The summed E-state index contributed by atoms with van der Waals surface area (Å²) in [4.78, 5) is 27.5. The fourth-order valence-corrected chi connectivity index (χ4v) is 3.53. The molecule has 2 rings (SSSR count). The van der Waals surface area contributed by atoms with Gasteiger partial charge in [0.1, 0.15) is 6.04 Å². The minimum absolute atomic E-state index is 0.0714. The van der Waals surface area contributed by atoms with Crippen molar-refractivity contribution in [3.8, 4) is 0 Å². The average Bonchev–Trinajstić information content (AvgIpc) is 2.76. The summed E-state index contributed by atoms with van der Waals surface area (Å²) in [6.07, 6.45) is 1.94. The third kappa shape index (κ3) is 7.86. The van der Waals surface area contributed by atoms with Crippen LogP contribution in [0.4, 0.5) is 0 Å². The summed E-state index contributed by atoms with van der Waals surface area (Å²) in [7, 11) is 0. The minimum atomic E-state index is -0.594. The van der Waals surface area contributed by atoms with Crippen LogP contribution in [0.5, 0.6) is 0 Å². The molecule has 0 aliphatic carbocycles. The second-order valence-electron chi connectivity index (χ2n) is 8.26. The smallest absolute Gasteiger partial charge is 0.242 e. The summed E-state index contributed by atoms with van der Waals surface area (Å²) in [6, 6.07) is 13.0. The molecule has 0 aliphatic heterocycles. The molecule has 0 aromatic heterocycles. The maximum Gasteiger partial charge on any atom is 0.242 e. The van der Waals surface area contributed by atoms with Crippen LogP contribution in [-0.4, -0.2) is 29.3 Å². The Hall–Kier alpha value is -2.04. The van der Waals surface area contributed by atoms with E-state index in [1.807, 2.05) is 19.9 Å². The fraction of sp³-hybridized carbons (Fsp3) is 0.440. The monoisotopic (exact) mass is 462 g/mol. The van der Waals surface area contributed by atoms with Gasteiger partial charge in [-0.2, -0.15) is 0 Å². The van der Waals surface area contributed by atoms with Gasteiger partial charge < -0.3 is 10.2 Å². The summed E-state index contributed by atoms with van der Waals surface area (Å²) in [6.45, 7) is 8.82. The van der Waals surface area contributed by atoms with Gasteiger partial charge in [-0.05, 0) is 54.5 Å². The van der Waals surface area contributed by atoms with Gasteiger partial charge in [-0.3, -0.25) is 9.59 Å². The molecule has 1 unspecified atom stereocenters. The molecule has 6 heteroatoms. The van der Waals surface area contributed by atoms with E-state index in [0.29, 0.717) is 41.9 Å². The molecule has 0 radical (unpaired) electrons. The Bertz CT molecular complexity index is 882. The van der Waals surface area contributed by atoms with Crippen LogP contribution in [0.1, 0.15) is 50.8 Å². The lowest BCUT2D eigenvalue weighted by Gasteiger charge is -2.29. The number of hydrogen-bond donors (Lipinski definition) is 1. The number of amides is 2. The van der Waals surface area contributed by atoms with E-state index in [0.717, 1.165) is 17.5 Å². The first kappa shape index (κ1) is 25.2. The minimum Gasteiger partial charge on any atom is -0.354 e. The molecule has 0 heterocycles. The number of aryl methyl sites for hydroxylation is 2. The molecule has 0 fully saturated rings. The van der Waals surface area contributed by atoms with E-state index in [2.05, 4.69) is 36.5 Å². The van der Waals surface area contributed by atoms with Crippen molar-refractivity contribution in [1.82, 2.24) is 10.2 Å². The number of halogens is 2. The maximum absolute atomic E-state index is 13.2. The molecular formula is C25H32Cl2N2O2. The number of carbonyl (C=O) groups excluding carboxylic acids is 2. The van der Waals surface area contributed by atoms with Crippen LogP contribution in [0.15, 0.2) is 42.5 Å². The topological polar surface area (TPSA) is 49.4 Å². The summed E-state index contributed by atoms with van der Waals surface area (Å²) >= 11 is 12.2. The molecule has 31 heavy (non-hydrogen) atoms. The number of nitrogens with zero attached hydrogens (tertiary/aromatic N) is 1. The lowest BCUT2D eigenvalue weighted by Crippen LogP contribution is -2.48. The van der Waals surface area contributed by atoms with Crippen molar-refractivity contribution in [2.24, 2.45) is 5.92 Å². The highest BCUT2D eigenvalue weighted by Gasteiger charge is 2.26. The Morgan fingerprint density at radius 3 is 2.13 bits per heavy atom. The normalized spacial score (nSPS) is 12.0. The lowest BCUT2D eigenvalue weighted by molar-refractivity contribution is -0.140. The van der Waals surface area contributed by atoms with E-state index in [9.17, 15) is 9.59 Å². The summed E-state index contributed by atoms with van der Waals surface area (Å²) in [5, 5.41) is 3.82. The molecule has 0 saturated heterocycles. The van der Waals surface area contributed by atoms with Gasteiger partial charge in [0.25, 0.3) is 0 Å². The predicted molar refractivity (Wildman–Crippen MR) is 128 cm³/mol. The van der Waals surface area contributed by atoms with E-state index in [1.165, 1.54) is 5.56 Å². The Morgan fingerprint density at radius 1 is 0.935 bits per heavy atom. The number of rotatable bonds is 10. The van der Waals surface area contributed by atoms with Crippen LogP contribution in [0, 0.1) is 5.92 Å². The summed E-state index contributed by atoms with van der Waals surface area (Å²) in [5.41, 5.74) is 3.21. The second-order valence-corrected chi connectivity index (χ2v) is 9.07. The number of carbonyl (C=O) groups is 2. The molecule has 1 atom stereocenters. The van der Waals surface area contributed by atoms with E-state index in [4.69, 9.17) is 23.2 Å². The molecule has 2 aromatic carbocycles. The van der Waals surface area contributed by atoms with E-state index in [-0.39, 0.29) is 11.8 Å². The SMILES string of the molecule is CCc1ccc(CCC(=O)N(Cc2ccc(Cl)c(Cl)c2)C(C)C(=O)NCC(C)C)cc1. The largest absolute Gasteiger partial charge is 0.354 e. The Kier molecular flexibility index (Phi) is 9.86. The highest BCUT2D eigenvalue weighted by atomic mass is 35.5. The van der Waals surface area contributed by atoms with Gasteiger partial charge in [0.15, 0.2) is 0 Å². The van der Waals surface area contributed by atoms with Gasteiger partial charge in [-0.1, -0.05) is 74.3 Å². The van der Waals surface area contributed by atoms with Crippen molar-refractivity contribution in [3.05, 3.63) is 69.2 Å². The molecule has 2 aromatic rings. The van der Waals surface area contributed by atoms with Gasteiger partial charge in [-0.15, -0.1) is 0 Å². The number of nitrogens with one attached hydrogen (secondary N) is 1. The quantitative estimate of drug-likeness (QED) is 0.493. The molecule has 2 amide bonds. The van der Waals surface area contributed by atoms with Crippen molar-refractivity contribution in [1.29, 1.82) is 0 Å². The highest BCUT2D eigenvalue weighted by molar-refractivity contribution is 6.42. The first-order valence-electron chi connectivity index (χ1n) is 10.8. The summed E-state index contributed by atoms with van der Waals surface area (Å²) in [5.74, 6) is 0.105. The zero-order valence-corrected chi connectivity index (χ0v) is 20.3. The molecular weight excluding hydrogens is 431 g/mol. The van der Waals surface area contributed by atoms with Crippen LogP contribution >= 0.6 is 23.2 Å². The van der Waals surface area contributed by atoms with Crippen LogP contribution in [0.3, 0.4) is 0 Å². The summed E-state index contributed by atoms with van der Waals surface area (Å²) < 4.78 is 0. The molecule has 0 spiro atoms. The van der Waals surface area contributed by atoms with Crippen LogP contribution < -0.4 is 5.32 Å². The van der Waals surface area contributed by atoms with Gasteiger partial charge in [-0.25, -0.2) is 0 Å². The third-order valence-corrected chi connectivity index (χ3v) is 5.99. The lowest BCUT2D eigenvalue weighted by atomic mass is 10.0. The predicted octanol–water partition coefficient (Wildman–Crippen LogP) is 5.68. The van der Waals surface area contributed by atoms with Gasteiger partial charge in [0, 0.05) is 19.5 Å². The van der Waals surface area contributed by atoms with Gasteiger partial charge in [0.2, 0.25) is 11.8 Å². The fourth-order valence-electron chi connectivity index (χ4n) is 3.21. The number of benzene rings is 2. The van der Waals surface area contributed by atoms with Crippen molar-refractivity contribution in [3.63, 3.8) is 0 Å². The zero-order valence-electron chi connectivity index (χ0n) is 18.8. The van der Waals surface area contributed by atoms with E-state index >= 15 is 0 Å². The first-order valence-corrected chi connectivity index (χ1v) is 11.6. The van der Waals surface area contributed by atoms with Crippen molar-refractivity contribution >= 4 is 35.0 Å². The van der Waals surface area contributed by atoms with Crippen LogP contribution in [0.25, 0.3) is 0 Å². The van der Waals surface area contributed by atoms with Crippen molar-refractivity contribution in [2.45, 2.75) is 59.5 Å². The van der Waals surface area contributed by atoms with Crippen molar-refractivity contribution < 1.29 is 9.59 Å². The standard InChI is InChI=1S/C25H32Cl2N2O2/c1-5-19-6-8-20(9-7-19)11-13-24(30)29(18(4)25(31)28-15-17(2)3)16-21-10-12-22(26)23(27)14-21/h6-10,12,14,17-18H,5,11,13,15-16H2,1-4H3,(H,28,31). The van der Waals surface area contributed by atoms with Crippen LogP contribution in [-0.2, 0) is 29.0 Å². The Morgan fingerprint density at radius 2 is 1.55 bits per heavy atom. The van der Waals surface area contributed by atoms with Crippen molar-refractivity contribution in [2.75, 3.05) is 6.54 Å². The Balaban J connectivity index is 2.14. The second kappa shape index (κ2) is 12.1. The first-order chi connectivity index (χ1) is 14.7. The highest BCUT2D eigenvalue weighted by Crippen LogP contribution is 2.24. The molecule has 168 valence electrons. The van der Waals surface area contributed by atoms with Crippen LogP contribution in [0.2, 0.25) is 10.0 Å². The number of hydrogen-bond acceptors (Lipinski definition) is 2. The average molecular weight is 463 g/mol. The van der Waals surface area contributed by atoms with Gasteiger partial charge in [0.05, 0.1) is 10.0 Å². The molecule has 4 nitrogen and oxygen atoms in total. The maximum atomic E-state index is 13.2. The third-order valence-electron chi connectivity index (χ3n) is 5.25. The van der Waals surface area contributed by atoms with E-state index in [1.54, 1.807) is 24.0 Å². The van der Waals surface area contributed by atoms with Gasteiger partial charge >= 0.3 is 0 Å². The zero-order chi connectivity index (χ0) is 23.0. The molecule has 0 saturated carbocycles. The molecule has 1 N–H and O–H groups in total.